The molecule has 1 heterocycles. The van der Waals surface area contributed by atoms with Crippen molar-refractivity contribution in [1.29, 1.82) is 0 Å². The molecule has 92 valence electrons. The first-order valence-electron chi connectivity index (χ1n) is 5.96. The van der Waals surface area contributed by atoms with E-state index in [1.54, 1.807) is 11.8 Å². The van der Waals surface area contributed by atoms with Gasteiger partial charge in [-0.05, 0) is 37.3 Å². The minimum absolute atomic E-state index is 0.137. The van der Waals surface area contributed by atoms with Crippen LogP contribution in [0.25, 0.3) is 0 Å². The number of hydrogen-bond donors (Lipinski definition) is 2. The van der Waals surface area contributed by atoms with Crippen LogP contribution in [0.1, 0.15) is 18.4 Å². The molecule has 0 aromatic heterocycles. The summed E-state index contributed by atoms with van der Waals surface area (Å²) in [5.74, 6) is 1.26. The number of hydrogen-bond acceptors (Lipinski definition) is 3. The molecule has 1 aromatic rings. The predicted octanol–water partition coefficient (Wildman–Crippen LogP) is 2.24. The van der Waals surface area contributed by atoms with Gasteiger partial charge in [0.05, 0.1) is 5.25 Å². The van der Waals surface area contributed by atoms with E-state index in [1.807, 2.05) is 31.3 Å². The van der Waals surface area contributed by atoms with Crippen LogP contribution in [0.2, 0.25) is 0 Å². The van der Waals surface area contributed by atoms with Crippen LogP contribution in [-0.4, -0.2) is 24.0 Å². The highest BCUT2D eigenvalue weighted by Gasteiger charge is 2.23. The fraction of sp³-hybridized carbons (Fsp3) is 0.462. The number of para-hydroxylation sites is 1. The topological polar surface area (TPSA) is 41.1 Å². The number of nitrogens with one attached hydrogen (secondary N) is 2. The Balaban J connectivity index is 2.04. The minimum atomic E-state index is 0.137. The fourth-order valence-electron chi connectivity index (χ4n) is 1.98. The van der Waals surface area contributed by atoms with Crippen LogP contribution >= 0.6 is 11.8 Å². The van der Waals surface area contributed by atoms with Crippen molar-refractivity contribution in [2.45, 2.75) is 24.6 Å². The molecule has 0 aliphatic carbocycles. The van der Waals surface area contributed by atoms with Crippen LogP contribution in [0.15, 0.2) is 24.3 Å². The maximum Gasteiger partial charge on any atom is 0.237 e. The summed E-state index contributed by atoms with van der Waals surface area (Å²) in [6.45, 7) is 0.772. The van der Waals surface area contributed by atoms with E-state index in [9.17, 15) is 4.79 Å². The summed E-state index contributed by atoms with van der Waals surface area (Å²) in [5, 5.41) is 6.28. The van der Waals surface area contributed by atoms with E-state index < -0.39 is 0 Å². The molecule has 0 spiro atoms. The monoisotopic (exact) mass is 250 g/mol. The van der Waals surface area contributed by atoms with Crippen molar-refractivity contribution in [2.24, 2.45) is 0 Å². The molecule has 3 nitrogen and oxygen atoms in total. The van der Waals surface area contributed by atoms with Crippen LogP contribution in [-0.2, 0) is 11.3 Å². The predicted molar refractivity (Wildman–Crippen MR) is 73.3 cm³/mol. The lowest BCUT2D eigenvalue weighted by Gasteiger charge is -2.13. The zero-order valence-electron chi connectivity index (χ0n) is 10.0. The lowest BCUT2D eigenvalue weighted by molar-refractivity contribution is -0.115. The fourth-order valence-corrected chi connectivity index (χ4v) is 3.15. The normalized spacial score (nSPS) is 19.2. The lowest BCUT2D eigenvalue weighted by Crippen LogP contribution is -2.24. The molecule has 1 amide bonds. The number of carbonyl (C=O) groups is 1. The van der Waals surface area contributed by atoms with Gasteiger partial charge in [-0.2, -0.15) is 0 Å². The smallest absolute Gasteiger partial charge is 0.237 e. The first-order valence-corrected chi connectivity index (χ1v) is 7.01. The second kappa shape index (κ2) is 6.07. The van der Waals surface area contributed by atoms with Crippen LogP contribution < -0.4 is 10.6 Å². The molecule has 0 bridgehead atoms. The molecular weight excluding hydrogens is 232 g/mol. The average Bonchev–Trinajstić information content (AvgIpc) is 2.85. The number of thioether (sulfide) groups is 1. The van der Waals surface area contributed by atoms with Gasteiger partial charge in [0.25, 0.3) is 0 Å². The van der Waals surface area contributed by atoms with E-state index in [0.29, 0.717) is 0 Å². The number of amides is 1. The second-order valence-corrected chi connectivity index (χ2v) is 5.49. The molecule has 1 fully saturated rings. The second-order valence-electron chi connectivity index (χ2n) is 4.18. The van der Waals surface area contributed by atoms with E-state index in [4.69, 9.17) is 0 Å². The summed E-state index contributed by atoms with van der Waals surface area (Å²) in [7, 11) is 1.91. The van der Waals surface area contributed by atoms with Gasteiger partial charge in [0.2, 0.25) is 5.91 Å². The Labute approximate surface area is 106 Å². The Morgan fingerprint density at radius 1 is 1.47 bits per heavy atom. The van der Waals surface area contributed by atoms with E-state index >= 15 is 0 Å². The standard InChI is InChI=1S/C13H18N2OS/c1-14-9-10-5-2-3-6-11(10)15-13(16)12-7-4-8-17-12/h2-3,5-6,12,14H,4,7-9H2,1H3,(H,15,16). The zero-order valence-corrected chi connectivity index (χ0v) is 10.8. The molecule has 1 aliphatic rings. The Bertz CT molecular complexity index is 389. The molecule has 1 aromatic carbocycles. The van der Waals surface area contributed by atoms with Crippen molar-refractivity contribution < 1.29 is 4.79 Å². The summed E-state index contributed by atoms with van der Waals surface area (Å²) in [4.78, 5) is 12.0. The van der Waals surface area contributed by atoms with Gasteiger partial charge >= 0.3 is 0 Å². The Kier molecular flexibility index (Phi) is 4.45. The molecule has 1 aliphatic heterocycles. The highest BCUT2D eigenvalue weighted by Crippen LogP contribution is 2.27. The summed E-state index contributed by atoms with van der Waals surface area (Å²) >= 11 is 1.76. The summed E-state index contributed by atoms with van der Waals surface area (Å²) in [5.41, 5.74) is 2.06. The van der Waals surface area contributed by atoms with E-state index in [-0.39, 0.29) is 11.2 Å². The van der Waals surface area contributed by atoms with Crippen molar-refractivity contribution >= 4 is 23.4 Å². The maximum absolute atomic E-state index is 12.0. The molecule has 2 rings (SSSR count). The number of carbonyl (C=O) groups excluding carboxylic acids is 1. The lowest BCUT2D eigenvalue weighted by atomic mass is 10.1. The Morgan fingerprint density at radius 3 is 3.00 bits per heavy atom. The zero-order chi connectivity index (χ0) is 12.1. The van der Waals surface area contributed by atoms with Crippen molar-refractivity contribution in [1.82, 2.24) is 5.32 Å². The largest absolute Gasteiger partial charge is 0.325 e. The third kappa shape index (κ3) is 3.23. The van der Waals surface area contributed by atoms with Gasteiger partial charge in [-0.3, -0.25) is 4.79 Å². The van der Waals surface area contributed by atoms with Gasteiger partial charge in [0, 0.05) is 12.2 Å². The van der Waals surface area contributed by atoms with Crippen LogP contribution in [0.5, 0.6) is 0 Å². The molecular formula is C13H18N2OS. The first-order chi connectivity index (χ1) is 8.31. The number of anilines is 1. The third-order valence-electron chi connectivity index (χ3n) is 2.86. The van der Waals surface area contributed by atoms with Gasteiger partial charge in [-0.15, -0.1) is 11.8 Å². The first kappa shape index (κ1) is 12.5. The summed E-state index contributed by atoms with van der Waals surface area (Å²) in [6.07, 6.45) is 2.16. The highest BCUT2D eigenvalue weighted by molar-refractivity contribution is 8.00. The molecule has 4 heteroatoms. The molecule has 0 saturated carbocycles. The molecule has 0 radical (unpaired) electrons. The van der Waals surface area contributed by atoms with Crippen LogP contribution in [0.3, 0.4) is 0 Å². The molecule has 1 atom stereocenters. The van der Waals surface area contributed by atoms with E-state index in [2.05, 4.69) is 10.6 Å². The minimum Gasteiger partial charge on any atom is -0.325 e. The van der Waals surface area contributed by atoms with Crippen molar-refractivity contribution in [2.75, 3.05) is 18.1 Å². The highest BCUT2D eigenvalue weighted by atomic mass is 32.2. The van der Waals surface area contributed by atoms with Crippen LogP contribution in [0.4, 0.5) is 5.69 Å². The average molecular weight is 250 g/mol. The third-order valence-corrected chi connectivity index (χ3v) is 4.24. The number of rotatable bonds is 4. The molecule has 2 N–H and O–H groups in total. The number of benzene rings is 1. The van der Waals surface area contributed by atoms with Gasteiger partial charge in [-0.25, -0.2) is 0 Å². The van der Waals surface area contributed by atoms with Gasteiger partial charge in [0.1, 0.15) is 0 Å². The van der Waals surface area contributed by atoms with Gasteiger partial charge in [-0.1, -0.05) is 18.2 Å². The van der Waals surface area contributed by atoms with Crippen molar-refractivity contribution in [3.8, 4) is 0 Å². The van der Waals surface area contributed by atoms with Crippen molar-refractivity contribution in [3.05, 3.63) is 29.8 Å². The summed E-state index contributed by atoms with van der Waals surface area (Å²) in [6, 6.07) is 7.95. The van der Waals surface area contributed by atoms with Gasteiger partial charge < -0.3 is 10.6 Å². The van der Waals surface area contributed by atoms with Crippen molar-refractivity contribution in [3.63, 3.8) is 0 Å². The van der Waals surface area contributed by atoms with Crippen LogP contribution in [0, 0.1) is 0 Å². The Hall–Kier alpha value is -1.000. The van der Waals surface area contributed by atoms with Gasteiger partial charge in [0.15, 0.2) is 0 Å². The Morgan fingerprint density at radius 2 is 2.29 bits per heavy atom. The van der Waals surface area contributed by atoms with E-state index in [1.165, 1.54) is 0 Å². The quantitative estimate of drug-likeness (QED) is 0.861. The van der Waals surface area contributed by atoms with E-state index in [0.717, 1.165) is 36.4 Å². The maximum atomic E-state index is 12.0. The summed E-state index contributed by atoms with van der Waals surface area (Å²) < 4.78 is 0. The SMILES string of the molecule is CNCc1ccccc1NC(=O)C1CCCS1. The molecule has 1 saturated heterocycles. The molecule has 17 heavy (non-hydrogen) atoms. The molecule has 1 unspecified atom stereocenters.